The number of nitrogens with one attached hydrogen (secondary N) is 1. The van der Waals surface area contributed by atoms with Crippen LogP contribution >= 0.6 is 0 Å². The molecule has 1 heterocycles. The van der Waals surface area contributed by atoms with Gasteiger partial charge in [-0.25, -0.2) is 4.79 Å². The third-order valence-electron chi connectivity index (χ3n) is 5.03. The summed E-state index contributed by atoms with van der Waals surface area (Å²) in [7, 11) is 1.64. The van der Waals surface area contributed by atoms with E-state index in [1.165, 1.54) is 11.1 Å². The molecule has 0 saturated heterocycles. The van der Waals surface area contributed by atoms with Crippen molar-refractivity contribution in [3.8, 4) is 5.75 Å². The number of hydrogen-bond acceptors (Lipinski definition) is 3. The highest BCUT2D eigenvalue weighted by atomic mass is 16.5. The Morgan fingerprint density at radius 1 is 1.06 bits per heavy atom. The average Bonchev–Trinajstić information content (AvgIpc) is 3.20. The van der Waals surface area contributed by atoms with Crippen molar-refractivity contribution in [1.82, 2.24) is 9.47 Å². The number of para-hydroxylation sites is 2. The third-order valence-corrected chi connectivity index (χ3v) is 5.03. The Morgan fingerprint density at radius 2 is 1.84 bits per heavy atom. The van der Waals surface area contributed by atoms with Gasteiger partial charge in [-0.15, -0.1) is 0 Å². The van der Waals surface area contributed by atoms with Gasteiger partial charge in [0.2, 0.25) is 0 Å². The molecular weight excluding hydrogens is 390 g/mol. The molecule has 6 heteroatoms. The second-order valence-electron chi connectivity index (χ2n) is 7.39. The molecule has 3 rings (SSSR count). The van der Waals surface area contributed by atoms with E-state index >= 15 is 0 Å². The predicted molar refractivity (Wildman–Crippen MR) is 124 cm³/mol. The molecule has 2 amide bonds. The van der Waals surface area contributed by atoms with Gasteiger partial charge in [-0.05, 0) is 43.7 Å². The molecule has 164 valence electrons. The van der Waals surface area contributed by atoms with Gasteiger partial charge in [0.25, 0.3) is 0 Å². The SMILES string of the molecule is CCOc1ccccc1NC(=O)N(CCOC)Cc1cccn1Cc1ccc(C)cc1. The third kappa shape index (κ3) is 6.36. The quantitative estimate of drug-likeness (QED) is 0.505. The Hall–Kier alpha value is -3.25. The molecule has 0 aliphatic heterocycles. The zero-order valence-electron chi connectivity index (χ0n) is 18.5. The number of urea groups is 1. The fraction of sp³-hybridized carbons (Fsp3) is 0.320. The normalized spacial score (nSPS) is 10.7. The van der Waals surface area contributed by atoms with Crippen LogP contribution in [0.1, 0.15) is 23.7 Å². The van der Waals surface area contributed by atoms with E-state index in [0.29, 0.717) is 37.7 Å². The molecule has 0 radical (unpaired) electrons. The van der Waals surface area contributed by atoms with Crippen LogP contribution in [0, 0.1) is 6.92 Å². The topological polar surface area (TPSA) is 55.7 Å². The molecule has 0 aliphatic carbocycles. The largest absolute Gasteiger partial charge is 0.492 e. The second-order valence-corrected chi connectivity index (χ2v) is 7.39. The summed E-state index contributed by atoms with van der Waals surface area (Å²) in [5.41, 5.74) is 4.18. The molecule has 0 atom stereocenters. The maximum Gasteiger partial charge on any atom is 0.322 e. The Morgan fingerprint density at radius 3 is 2.58 bits per heavy atom. The van der Waals surface area contributed by atoms with Crippen LogP contribution in [0.15, 0.2) is 66.9 Å². The number of nitrogens with zero attached hydrogens (tertiary/aromatic N) is 2. The molecule has 3 aromatic rings. The van der Waals surface area contributed by atoms with Crippen molar-refractivity contribution in [1.29, 1.82) is 0 Å². The minimum atomic E-state index is -0.188. The molecule has 0 spiro atoms. The fourth-order valence-electron chi connectivity index (χ4n) is 3.33. The number of ether oxygens (including phenoxy) is 2. The van der Waals surface area contributed by atoms with Crippen LogP contribution in [-0.4, -0.2) is 42.4 Å². The number of benzene rings is 2. The first-order valence-corrected chi connectivity index (χ1v) is 10.6. The molecule has 31 heavy (non-hydrogen) atoms. The van der Waals surface area contributed by atoms with Gasteiger partial charge in [-0.1, -0.05) is 42.0 Å². The number of amides is 2. The van der Waals surface area contributed by atoms with Crippen LogP contribution in [0.25, 0.3) is 0 Å². The lowest BCUT2D eigenvalue weighted by atomic mass is 10.1. The highest BCUT2D eigenvalue weighted by Gasteiger charge is 2.17. The van der Waals surface area contributed by atoms with Crippen molar-refractivity contribution in [2.45, 2.75) is 26.9 Å². The fourth-order valence-corrected chi connectivity index (χ4v) is 3.33. The molecule has 0 unspecified atom stereocenters. The molecular formula is C25H31N3O3. The van der Waals surface area contributed by atoms with Crippen LogP contribution in [0.4, 0.5) is 10.5 Å². The highest BCUT2D eigenvalue weighted by Crippen LogP contribution is 2.24. The Bertz CT molecular complexity index is 966. The summed E-state index contributed by atoms with van der Waals surface area (Å²) in [5.74, 6) is 0.660. The second kappa shape index (κ2) is 11.2. The lowest BCUT2D eigenvalue weighted by Crippen LogP contribution is -2.37. The van der Waals surface area contributed by atoms with E-state index < -0.39 is 0 Å². The van der Waals surface area contributed by atoms with E-state index in [1.54, 1.807) is 12.0 Å². The van der Waals surface area contributed by atoms with Crippen LogP contribution in [0.3, 0.4) is 0 Å². The van der Waals surface area contributed by atoms with Gasteiger partial charge in [-0.2, -0.15) is 0 Å². The van der Waals surface area contributed by atoms with Gasteiger partial charge >= 0.3 is 6.03 Å². The summed E-state index contributed by atoms with van der Waals surface area (Å²) in [4.78, 5) is 14.9. The number of carbonyl (C=O) groups excluding carboxylic acids is 1. The average molecular weight is 422 g/mol. The minimum Gasteiger partial charge on any atom is -0.492 e. The number of aromatic nitrogens is 1. The van der Waals surface area contributed by atoms with Crippen LogP contribution in [0.5, 0.6) is 5.75 Å². The maximum atomic E-state index is 13.1. The van der Waals surface area contributed by atoms with Crippen molar-refractivity contribution in [2.75, 3.05) is 32.2 Å². The minimum absolute atomic E-state index is 0.188. The monoisotopic (exact) mass is 421 g/mol. The van der Waals surface area contributed by atoms with E-state index in [2.05, 4.69) is 47.1 Å². The zero-order valence-corrected chi connectivity index (χ0v) is 18.5. The van der Waals surface area contributed by atoms with Crippen molar-refractivity contribution < 1.29 is 14.3 Å². The summed E-state index contributed by atoms with van der Waals surface area (Å²) in [5, 5.41) is 2.99. The smallest absolute Gasteiger partial charge is 0.322 e. The van der Waals surface area contributed by atoms with Crippen LogP contribution in [0.2, 0.25) is 0 Å². The molecule has 0 fully saturated rings. The number of aryl methyl sites for hydroxylation is 1. The van der Waals surface area contributed by atoms with Gasteiger partial charge in [0.15, 0.2) is 0 Å². The summed E-state index contributed by atoms with van der Waals surface area (Å²) in [6.45, 7) is 6.72. The summed E-state index contributed by atoms with van der Waals surface area (Å²) in [6, 6.07) is 19.9. The number of rotatable bonds is 10. The molecule has 2 aromatic carbocycles. The van der Waals surface area contributed by atoms with Crippen molar-refractivity contribution in [2.24, 2.45) is 0 Å². The first-order chi connectivity index (χ1) is 15.1. The number of anilines is 1. The van der Waals surface area contributed by atoms with Gasteiger partial charge in [0.05, 0.1) is 25.4 Å². The number of hydrogen-bond donors (Lipinski definition) is 1. The first-order valence-electron chi connectivity index (χ1n) is 10.6. The molecule has 1 aromatic heterocycles. The van der Waals surface area contributed by atoms with Gasteiger partial charge < -0.3 is 24.3 Å². The summed E-state index contributed by atoms with van der Waals surface area (Å²) < 4.78 is 13.0. The predicted octanol–water partition coefficient (Wildman–Crippen LogP) is 4.92. The van der Waals surface area contributed by atoms with E-state index in [9.17, 15) is 4.79 Å². The first kappa shape index (κ1) is 22.4. The molecule has 0 aliphatic rings. The van der Waals surface area contributed by atoms with Gasteiger partial charge in [-0.3, -0.25) is 0 Å². The summed E-state index contributed by atoms with van der Waals surface area (Å²) >= 11 is 0. The van der Waals surface area contributed by atoms with Crippen molar-refractivity contribution in [3.63, 3.8) is 0 Å². The van der Waals surface area contributed by atoms with Crippen LogP contribution < -0.4 is 10.1 Å². The maximum absolute atomic E-state index is 13.1. The highest BCUT2D eigenvalue weighted by molar-refractivity contribution is 5.91. The molecule has 1 N–H and O–H groups in total. The lowest BCUT2D eigenvalue weighted by molar-refractivity contribution is 0.151. The van der Waals surface area contributed by atoms with E-state index in [0.717, 1.165) is 12.2 Å². The van der Waals surface area contributed by atoms with Crippen molar-refractivity contribution in [3.05, 3.63) is 83.7 Å². The van der Waals surface area contributed by atoms with Gasteiger partial charge in [0.1, 0.15) is 5.75 Å². The van der Waals surface area contributed by atoms with Crippen molar-refractivity contribution >= 4 is 11.7 Å². The standard InChI is InChI=1S/C25H31N3O3/c1-4-31-24-10-6-5-9-23(24)26-25(29)28(16-17-30-3)19-22-8-7-15-27(22)18-21-13-11-20(2)12-14-21/h5-15H,4,16-19H2,1-3H3,(H,26,29). The van der Waals surface area contributed by atoms with E-state index in [4.69, 9.17) is 9.47 Å². The Balaban J connectivity index is 1.74. The zero-order chi connectivity index (χ0) is 22.1. The lowest BCUT2D eigenvalue weighted by Gasteiger charge is -2.24. The molecule has 0 saturated carbocycles. The Kier molecular flexibility index (Phi) is 8.12. The number of methoxy groups -OCH3 is 1. The van der Waals surface area contributed by atoms with Gasteiger partial charge in [0, 0.05) is 32.1 Å². The van der Waals surface area contributed by atoms with E-state index in [1.807, 2.05) is 43.5 Å². The van der Waals surface area contributed by atoms with E-state index in [-0.39, 0.29) is 6.03 Å². The van der Waals surface area contributed by atoms with Crippen LogP contribution in [-0.2, 0) is 17.8 Å². The summed E-state index contributed by atoms with van der Waals surface area (Å²) in [6.07, 6.45) is 2.05. The Labute approximate surface area is 184 Å². The number of carbonyl (C=O) groups is 1. The molecule has 6 nitrogen and oxygen atoms in total. The molecule has 0 bridgehead atoms.